The van der Waals surface area contributed by atoms with Crippen LogP contribution >= 0.6 is 15.9 Å². The van der Waals surface area contributed by atoms with Gasteiger partial charge in [-0.25, -0.2) is 0 Å². The number of aromatic nitrogens is 2. The Labute approximate surface area is 154 Å². The maximum absolute atomic E-state index is 12.4. The van der Waals surface area contributed by atoms with Gasteiger partial charge in [-0.15, -0.1) is 5.10 Å². The Bertz CT molecular complexity index is 758. The van der Waals surface area contributed by atoms with E-state index in [1.54, 1.807) is 0 Å². The van der Waals surface area contributed by atoms with Crippen molar-refractivity contribution in [1.82, 2.24) is 15.5 Å². The van der Waals surface area contributed by atoms with Crippen LogP contribution in [0.3, 0.4) is 0 Å². The summed E-state index contributed by atoms with van der Waals surface area (Å²) in [5.41, 5.74) is 2.23. The molecular weight excluding hydrogens is 388 g/mol. The Kier molecular flexibility index (Phi) is 6.30. The molecule has 2 unspecified atom stereocenters. The number of aromatic amines is 1. The minimum absolute atomic E-state index is 0.0265. The summed E-state index contributed by atoms with van der Waals surface area (Å²) in [6.45, 7) is 6.29. The molecular formula is C17H21BrN4O3. The predicted octanol–water partition coefficient (Wildman–Crippen LogP) is 4.48. The predicted molar refractivity (Wildman–Crippen MR) is 98.6 cm³/mol. The fourth-order valence-electron chi connectivity index (χ4n) is 2.53. The molecule has 1 heterocycles. The zero-order valence-electron chi connectivity index (χ0n) is 14.4. The van der Waals surface area contributed by atoms with E-state index in [9.17, 15) is 14.9 Å². The molecule has 2 N–H and O–H groups in total. The molecule has 0 radical (unpaired) electrons. The Balaban J connectivity index is 2.16. The smallest absolute Gasteiger partial charge is 0.357 e. The molecule has 0 fully saturated rings. The number of carbonyl (C=O) groups is 1. The van der Waals surface area contributed by atoms with Gasteiger partial charge in [-0.2, -0.15) is 0 Å². The van der Waals surface area contributed by atoms with Gasteiger partial charge in [0.2, 0.25) is 0 Å². The van der Waals surface area contributed by atoms with Gasteiger partial charge in [-0.3, -0.25) is 4.79 Å². The van der Waals surface area contributed by atoms with E-state index in [1.807, 2.05) is 19.1 Å². The third-order valence-corrected chi connectivity index (χ3v) is 5.07. The third kappa shape index (κ3) is 4.25. The second-order valence-corrected chi connectivity index (χ2v) is 6.70. The van der Waals surface area contributed by atoms with Crippen LogP contribution < -0.4 is 5.32 Å². The summed E-state index contributed by atoms with van der Waals surface area (Å²) in [4.78, 5) is 22.6. The second kappa shape index (κ2) is 8.24. The number of nitrogens with zero attached hydrogens (tertiary/aromatic N) is 2. The van der Waals surface area contributed by atoms with E-state index in [4.69, 9.17) is 0 Å². The van der Waals surface area contributed by atoms with E-state index < -0.39 is 10.8 Å². The van der Waals surface area contributed by atoms with Crippen molar-refractivity contribution in [3.8, 4) is 0 Å². The third-order valence-electron chi connectivity index (χ3n) is 4.32. The van der Waals surface area contributed by atoms with E-state index in [-0.39, 0.29) is 22.0 Å². The van der Waals surface area contributed by atoms with Gasteiger partial charge in [0.15, 0.2) is 5.69 Å². The van der Waals surface area contributed by atoms with Crippen LogP contribution in [0.15, 0.2) is 28.7 Å². The van der Waals surface area contributed by atoms with E-state index in [0.29, 0.717) is 12.3 Å². The lowest BCUT2D eigenvalue weighted by Crippen LogP contribution is -2.28. The van der Waals surface area contributed by atoms with Crippen LogP contribution in [0.4, 0.5) is 5.82 Å². The fraction of sp³-hybridized carbons (Fsp3) is 0.412. The SMILES string of the molecule is CCC(C)c1ccc(C(CC)NC(=O)c2n[nH]c([N+](=O)[O-])c2Br)cc1. The van der Waals surface area contributed by atoms with Gasteiger partial charge in [0.25, 0.3) is 5.91 Å². The van der Waals surface area contributed by atoms with Crippen molar-refractivity contribution in [2.45, 2.75) is 45.6 Å². The summed E-state index contributed by atoms with van der Waals surface area (Å²) in [6, 6.07) is 7.98. The first kappa shape index (κ1) is 19.1. The molecule has 8 heteroatoms. The van der Waals surface area contributed by atoms with Crippen molar-refractivity contribution in [3.05, 3.63) is 55.7 Å². The van der Waals surface area contributed by atoms with Crippen LogP contribution in [0, 0.1) is 10.1 Å². The molecule has 1 aromatic heterocycles. The maximum Gasteiger partial charge on any atom is 0.357 e. The van der Waals surface area contributed by atoms with Gasteiger partial charge in [-0.05, 0) is 50.7 Å². The van der Waals surface area contributed by atoms with Gasteiger partial charge in [0.1, 0.15) is 4.47 Å². The molecule has 0 aliphatic heterocycles. The quantitative estimate of drug-likeness (QED) is 0.520. The number of amides is 1. The Morgan fingerprint density at radius 2 is 1.88 bits per heavy atom. The molecule has 0 saturated heterocycles. The first-order valence-corrected chi connectivity index (χ1v) is 8.97. The van der Waals surface area contributed by atoms with E-state index in [2.05, 4.69) is 57.4 Å². The highest BCUT2D eigenvalue weighted by molar-refractivity contribution is 9.10. The average Bonchev–Trinajstić information content (AvgIpc) is 3.00. The Hall–Kier alpha value is -2.22. The van der Waals surface area contributed by atoms with Crippen molar-refractivity contribution in [1.29, 1.82) is 0 Å². The minimum atomic E-state index is -0.626. The fourth-order valence-corrected chi connectivity index (χ4v) is 3.03. The van der Waals surface area contributed by atoms with Gasteiger partial charge >= 0.3 is 5.82 Å². The standard InChI is InChI=1S/C17H21BrN4O3/c1-4-10(3)11-6-8-12(9-7-11)13(5-2)19-17(23)15-14(18)16(21-20-15)22(24)25/h6-10,13H,4-5H2,1-3H3,(H,19,23)(H,20,21). The van der Waals surface area contributed by atoms with Crippen molar-refractivity contribution >= 4 is 27.7 Å². The van der Waals surface area contributed by atoms with Crippen LogP contribution in [-0.2, 0) is 0 Å². The van der Waals surface area contributed by atoms with Crippen molar-refractivity contribution < 1.29 is 9.72 Å². The summed E-state index contributed by atoms with van der Waals surface area (Å²) in [6.07, 6.45) is 1.76. The van der Waals surface area contributed by atoms with Crippen LogP contribution in [0.5, 0.6) is 0 Å². The minimum Gasteiger partial charge on any atom is -0.358 e. The molecule has 2 atom stereocenters. The highest BCUT2D eigenvalue weighted by Gasteiger charge is 2.26. The summed E-state index contributed by atoms with van der Waals surface area (Å²) >= 11 is 3.06. The zero-order valence-corrected chi connectivity index (χ0v) is 16.0. The van der Waals surface area contributed by atoms with Crippen LogP contribution in [0.1, 0.15) is 67.2 Å². The van der Waals surface area contributed by atoms with Crippen LogP contribution in [-0.4, -0.2) is 21.0 Å². The second-order valence-electron chi connectivity index (χ2n) is 5.90. The molecule has 0 bridgehead atoms. The number of benzene rings is 1. The molecule has 2 rings (SSSR count). The van der Waals surface area contributed by atoms with Crippen molar-refractivity contribution in [2.75, 3.05) is 0 Å². The molecule has 1 aromatic carbocycles. The van der Waals surface area contributed by atoms with Gasteiger partial charge in [-0.1, -0.05) is 50.1 Å². The summed E-state index contributed by atoms with van der Waals surface area (Å²) in [7, 11) is 0. The first-order chi connectivity index (χ1) is 11.9. The lowest BCUT2D eigenvalue weighted by atomic mass is 9.95. The lowest BCUT2D eigenvalue weighted by molar-refractivity contribution is -0.390. The Morgan fingerprint density at radius 1 is 1.28 bits per heavy atom. The van der Waals surface area contributed by atoms with Gasteiger partial charge in [0.05, 0.1) is 6.04 Å². The largest absolute Gasteiger partial charge is 0.358 e. The van der Waals surface area contributed by atoms with Crippen molar-refractivity contribution in [2.24, 2.45) is 0 Å². The molecule has 134 valence electrons. The normalized spacial score (nSPS) is 13.3. The van der Waals surface area contributed by atoms with E-state index >= 15 is 0 Å². The zero-order chi connectivity index (χ0) is 18.6. The number of H-pyrrole nitrogens is 1. The molecule has 0 aliphatic rings. The van der Waals surface area contributed by atoms with E-state index in [0.717, 1.165) is 12.0 Å². The molecule has 0 aliphatic carbocycles. The molecule has 0 spiro atoms. The van der Waals surface area contributed by atoms with Crippen LogP contribution in [0.25, 0.3) is 0 Å². The highest BCUT2D eigenvalue weighted by Crippen LogP contribution is 2.27. The number of carbonyl (C=O) groups excluding carboxylic acids is 1. The molecule has 1 amide bonds. The van der Waals surface area contributed by atoms with Gasteiger partial charge in [0, 0.05) is 0 Å². The number of nitrogens with one attached hydrogen (secondary N) is 2. The Morgan fingerprint density at radius 3 is 2.36 bits per heavy atom. The average molecular weight is 409 g/mol. The number of hydrogen-bond acceptors (Lipinski definition) is 4. The lowest BCUT2D eigenvalue weighted by Gasteiger charge is -2.18. The molecule has 0 saturated carbocycles. The first-order valence-electron chi connectivity index (χ1n) is 8.17. The maximum atomic E-state index is 12.4. The van der Waals surface area contributed by atoms with Gasteiger partial charge < -0.3 is 15.4 Å². The summed E-state index contributed by atoms with van der Waals surface area (Å²) in [5, 5.41) is 19.7. The monoisotopic (exact) mass is 408 g/mol. The van der Waals surface area contributed by atoms with E-state index in [1.165, 1.54) is 5.56 Å². The highest BCUT2D eigenvalue weighted by atomic mass is 79.9. The molecule has 2 aromatic rings. The topological polar surface area (TPSA) is 101 Å². The molecule has 25 heavy (non-hydrogen) atoms. The summed E-state index contributed by atoms with van der Waals surface area (Å²) < 4.78 is 0.0528. The number of nitro groups is 1. The summed E-state index contributed by atoms with van der Waals surface area (Å²) in [5.74, 6) is -0.311. The number of hydrogen-bond donors (Lipinski definition) is 2. The van der Waals surface area contributed by atoms with Crippen LogP contribution in [0.2, 0.25) is 0 Å². The van der Waals surface area contributed by atoms with Crippen molar-refractivity contribution in [3.63, 3.8) is 0 Å². The number of rotatable bonds is 7. The number of halogens is 1. The molecule has 7 nitrogen and oxygen atoms in total.